The number of halogens is 1. The van der Waals surface area contributed by atoms with Crippen LogP contribution >= 0.6 is 24.0 Å². The fourth-order valence-electron chi connectivity index (χ4n) is 2.47. The minimum Gasteiger partial charge on any atom is -0.362 e. The second-order valence-electron chi connectivity index (χ2n) is 5.85. The molecule has 0 bridgehead atoms. The Morgan fingerprint density at radius 2 is 1.88 bits per heavy atom. The van der Waals surface area contributed by atoms with E-state index in [-0.39, 0.29) is 30.0 Å². The summed E-state index contributed by atoms with van der Waals surface area (Å²) in [4.78, 5) is 11.2. The predicted molar refractivity (Wildman–Crippen MR) is 117 cm³/mol. The Hall–Kier alpha value is -1.83. The van der Waals surface area contributed by atoms with E-state index in [4.69, 9.17) is 4.99 Å². The zero-order chi connectivity index (χ0) is 17.4. The molecule has 0 saturated heterocycles. The zero-order valence-corrected chi connectivity index (χ0v) is 17.7. The van der Waals surface area contributed by atoms with E-state index in [0.717, 1.165) is 23.9 Å². The second kappa shape index (κ2) is 10.9. The van der Waals surface area contributed by atoms with Crippen LogP contribution in [0, 0.1) is 0 Å². The number of hydrogen-bond acceptors (Lipinski definition) is 3. The minimum absolute atomic E-state index is 0. The van der Waals surface area contributed by atoms with Crippen LogP contribution in [-0.2, 0) is 6.54 Å². The Balaban J connectivity index is 0.00000312. The summed E-state index contributed by atoms with van der Waals surface area (Å²) in [7, 11) is 3.99. The normalized spacial score (nSPS) is 12.1. The summed E-state index contributed by atoms with van der Waals surface area (Å²) in [6.07, 6.45) is 1.81. The van der Waals surface area contributed by atoms with Crippen molar-refractivity contribution in [1.29, 1.82) is 0 Å². The quantitative estimate of drug-likeness (QED) is 0.399. The molecule has 136 valence electrons. The SMILES string of the molecule is CCNC(=NCc1cccnc1N(C)C)NC(C)c1ccccc1.I. The fourth-order valence-corrected chi connectivity index (χ4v) is 2.47. The molecule has 1 aromatic heterocycles. The molecule has 2 N–H and O–H groups in total. The zero-order valence-electron chi connectivity index (χ0n) is 15.4. The molecular formula is C19H28IN5. The van der Waals surface area contributed by atoms with E-state index < -0.39 is 0 Å². The number of aliphatic imine (C=N–C) groups is 1. The van der Waals surface area contributed by atoms with Gasteiger partial charge in [0.15, 0.2) is 5.96 Å². The van der Waals surface area contributed by atoms with Crippen molar-refractivity contribution >= 4 is 35.8 Å². The van der Waals surface area contributed by atoms with Crippen molar-refractivity contribution in [3.63, 3.8) is 0 Å². The van der Waals surface area contributed by atoms with Crippen LogP contribution in [0.4, 0.5) is 5.82 Å². The van der Waals surface area contributed by atoms with Crippen LogP contribution in [0.1, 0.15) is 31.0 Å². The molecule has 6 heteroatoms. The summed E-state index contributed by atoms with van der Waals surface area (Å²) in [5.74, 6) is 1.76. The largest absolute Gasteiger partial charge is 0.362 e. The van der Waals surface area contributed by atoms with Gasteiger partial charge >= 0.3 is 0 Å². The van der Waals surface area contributed by atoms with E-state index in [1.807, 2.05) is 37.3 Å². The number of rotatable bonds is 6. The number of aromatic nitrogens is 1. The first kappa shape index (κ1) is 21.2. The van der Waals surface area contributed by atoms with Gasteiger partial charge in [0.25, 0.3) is 0 Å². The highest BCUT2D eigenvalue weighted by atomic mass is 127. The molecule has 0 spiro atoms. The van der Waals surface area contributed by atoms with Gasteiger partial charge in [0.2, 0.25) is 0 Å². The van der Waals surface area contributed by atoms with Crippen LogP contribution in [0.2, 0.25) is 0 Å². The van der Waals surface area contributed by atoms with E-state index in [0.29, 0.717) is 6.54 Å². The van der Waals surface area contributed by atoms with Crippen molar-refractivity contribution < 1.29 is 0 Å². The number of nitrogens with zero attached hydrogens (tertiary/aromatic N) is 3. The molecule has 5 nitrogen and oxygen atoms in total. The predicted octanol–water partition coefficient (Wildman–Crippen LogP) is 3.58. The second-order valence-corrected chi connectivity index (χ2v) is 5.85. The topological polar surface area (TPSA) is 52.6 Å². The molecule has 1 unspecified atom stereocenters. The average Bonchev–Trinajstić information content (AvgIpc) is 2.60. The van der Waals surface area contributed by atoms with Crippen LogP contribution in [0.5, 0.6) is 0 Å². The van der Waals surface area contributed by atoms with Crippen molar-refractivity contribution in [3.8, 4) is 0 Å². The lowest BCUT2D eigenvalue weighted by Gasteiger charge is -2.19. The van der Waals surface area contributed by atoms with Crippen LogP contribution in [-0.4, -0.2) is 31.6 Å². The molecule has 0 aliphatic heterocycles. The molecule has 2 rings (SSSR count). The summed E-state index contributed by atoms with van der Waals surface area (Å²) in [6, 6.07) is 14.6. The molecule has 1 aromatic carbocycles. The van der Waals surface area contributed by atoms with Gasteiger partial charge in [-0.1, -0.05) is 36.4 Å². The maximum absolute atomic E-state index is 4.72. The van der Waals surface area contributed by atoms with Crippen molar-refractivity contribution in [2.45, 2.75) is 26.4 Å². The maximum atomic E-state index is 4.72. The smallest absolute Gasteiger partial charge is 0.192 e. The van der Waals surface area contributed by atoms with Gasteiger partial charge < -0.3 is 15.5 Å². The van der Waals surface area contributed by atoms with Crippen molar-refractivity contribution in [2.75, 3.05) is 25.5 Å². The highest BCUT2D eigenvalue weighted by Gasteiger charge is 2.08. The molecule has 0 fully saturated rings. The standard InChI is InChI=1S/C19H27N5.HI/c1-5-20-19(23-15(2)16-10-7-6-8-11-16)22-14-17-12-9-13-21-18(17)24(3)4;/h6-13,15H,5,14H2,1-4H3,(H2,20,22,23);1H. The van der Waals surface area contributed by atoms with Gasteiger partial charge in [-0.25, -0.2) is 9.98 Å². The molecule has 25 heavy (non-hydrogen) atoms. The Morgan fingerprint density at radius 1 is 1.16 bits per heavy atom. The van der Waals surface area contributed by atoms with Crippen molar-refractivity contribution in [2.24, 2.45) is 4.99 Å². The summed E-state index contributed by atoms with van der Waals surface area (Å²) in [6.45, 7) is 5.61. The molecule has 1 heterocycles. The molecule has 0 saturated carbocycles. The third kappa shape index (κ3) is 6.53. The van der Waals surface area contributed by atoms with E-state index in [9.17, 15) is 0 Å². The molecular weight excluding hydrogens is 425 g/mol. The molecule has 1 atom stereocenters. The number of pyridine rings is 1. The highest BCUT2D eigenvalue weighted by molar-refractivity contribution is 14.0. The van der Waals surface area contributed by atoms with Crippen LogP contribution in [0.25, 0.3) is 0 Å². The Kier molecular flexibility index (Phi) is 9.26. The first-order chi connectivity index (χ1) is 11.6. The van der Waals surface area contributed by atoms with Gasteiger partial charge in [0.05, 0.1) is 12.6 Å². The third-order valence-electron chi connectivity index (χ3n) is 3.70. The van der Waals surface area contributed by atoms with E-state index >= 15 is 0 Å². The van der Waals surface area contributed by atoms with E-state index in [1.54, 1.807) is 0 Å². The minimum atomic E-state index is 0. The van der Waals surface area contributed by atoms with Gasteiger partial charge in [0, 0.05) is 32.4 Å². The number of hydrogen-bond donors (Lipinski definition) is 2. The lowest BCUT2D eigenvalue weighted by Crippen LogP contribution is -2.38. The summed E-state index contributed by atoms with van der Waals surface area (Å²) < 4.78 is 0. The molecule has 0 radical (unpaired) electrons. The Morgan fingerprint density at radius 3 is 2.52 bits per heavy atom. The van der Waals surface area contributed by atoms with Crippen LogP contribution in [0.15, 0.2) is 53.7 Å². The Bertz CT molecular complexity index is 658. The van der Waals surface area contributed by atoms with Gasteiger partial charge in [-0.2, -0.15) is 0 Å². The lowest BCUT2D eigenvalue weighted by atomic mass is 10.1. The first-order valence-corrected chi connectivity index (χ1v) is 8.32. The highest BCUT2D eigenvalue weighted by Crippen LogP contribution is 2.15. The summed E-state index contributed by atoms with van der Waals surface area (Å²) >= 11 is 0. The summed E-state index contributed by atoms with van der Waals surface area (Å²) in [5, 5.41) is 6.77. The monoisotopic (exact) mass is 453 g/mol. The van der Waals surface area contributed by atoms with Gasteiger partial charge in [-0.05, 0) is 25.5 Å². The van der Waals surface area contributed by atoms with E-state index in [2.05, 4.69) is 59.8 Å². The molecule has 0 aliphatic carbocycles. The van der Waals surface area contributed by atoms with Crippen LogP contribution < -0.4 is 15.5 Å². The summed E-state index contributed by atoms with van der Waals surface area (Å²) in [5.41, 5.74) is 2.34. The fraction of sp³-hybridized carbons (Fsp3) is 0.368. The Labute approximate surface area is 168 Å². The average molecular weight is 453 g/mol. The first-order valence-electron chi connectivity index (χ1n) is 8.32. The number of benzene rings is 1. The van der Waals surface area contributed by atoms with Gasteiger partial charge in [-0.3, -0.25) is 0 Å². The molecule has 2 aromatic rings. The maximum Gasteiger partial charge on any atom is 0.192 e. The molecule has 0 aliphatic rings. The van der Waals surface area contributed by atoms with Gasteiger partial charge in [0.1, 0.15) is 5.82 Å². The van der Waals surface area contributed by atoms with Crippen LogP contribution in [0.3, 0.4) is 0 Å². The number of guanidine groups is 1. The van der Waals surface area contributed by atoms with Gasteiger partial charge in [-0.15, -0.1) is 24.0 Å². The molecule has 0 amide bonds. The third-order valence-corrected chi connectivity index (χ3v) is 3.70. The number of anilines is 1. The van der Waals surface area contributed by atoms with E-state index in [1.165, 1.54) is 5.56 Å². The number of nitrogens with one attached hydrogen (secondary N) is 2. The van der Waals surface area contributed by atoms with Crippen molar-refractivity contribution in [3.05, 3.63) is 59.8 Å². The van der Waals surface area contributed by atoms with Crippen molar-refractivity contribution in [1.82, 2.24) is 15.6 Å². The lowest BCUT2D eigenvalue weighted by molar-refractivity contribution is 0.686.